The number of allylic oxidation sites excluding steroid dienone is 1. The number of hydrogen-bond donors (Lipinski definition) is 2. The molecule has 4 aromatic rings. The molecule has 0 fully saturated rings. The van der Waals surface area contributed by atoms with Gasteiger partial charge in [0.1, 0.15) is 11.5 Å². The van der Waals surface area contributed by atoms with Crippen molar-refractivity contribution in [2.75, 3.05) is 11.9 Å². The van der Waals surface area contributed by atoms with E-state index in [9.17, 15) is 9.18 Å². The number of halogens is 1. The monoisotopic (exact) mass is 486 g/mol. The summed E-state index contributed by atoms with van der Waals surface area (Å²) in [7, 11) is 0. The summed E-state index contributed by atoms with van der Waals surface area (Å²) >= 11 is 0. The molecule has 5 rings (SSSR count). The van der Waals surface area contributed by atoms with Crippen molar-refractivity contribution in [2.45, 2.75) is 51.9 Å². The maximum atomic E-state index is 14.7. The predicted octanol–water partition coefficient (Wildman–Crippen LogP) is 5.10. The molecule has 1 aliphatic heterocycles. The summed E-state index contributed by atoms with van der Waals surface area (Å²) < 4.78 is 18.0. The van der Waals surface area contributed by atoms with Gasteiger partial charge in [-0.2, -0.15) is 0 Å². The van der Waals surface area contributed by atoms with Gasteiger partial charge in [0, 0.05) is 29.7 Å². The van der Waals surface area contributed by atoms with E-state index in [1.165, 1.54) is 25.0 Å². The number of benzene rings is 1. The molecule has 0 bridgehead atoms. The molecular weight excluding hydrogens is 455 g/mol. The summed E-state index contributed by atoms with van der Waals surface area (Å²) in [6, 6.07) is 11.6. The summed E-state index contributed by atoms with van der Waals surface area (Å²) in [5.41, 5.74) is 3.25. The highest BCUT2D eigenvalue weighted by Gasteiger charge is 2.27. The third-order valence-electron chi connectivity index (χ3n) is 6.73. The van der Waals surface area contributed by atoms with Gasteiger partial charge in [-0.1, -0.05) is 12.1 Å². The van der Waals surface area contributed by atoms with Crippen LogP contribution in [-0.4, -0.2) is 25.9 Å². The van der Waals surface area contributed by atoms with Gasteiger partial charge in [0.2, 0.25) is 0 Å². The Kier molecular flexibility index (Phi) is 5.79. The van der Waals surface area contributed by atoms with Gasteiger partial charge >= 0.3 is 0 Å². The lowest BCUT2D eigenvalue weighted by molar-refractivity contribution is 0.214. The molecule has 1 aromatic carbocycles. The summed E-state index contributed by atoms with van der Waals surface area (Å²) in [6.07, 6.45) is 5.76. The zero-order chi connectivity index (χ0) is 25.7. The van der Waals surface area contributed by atoms with E-state index in [-0.39, 0.29) is 11.1 Å². The summed E-state index contributed by atoms with van der Waals surface area (Å²) in [4.78, 5) is 21.9. The first kappa shape index (κ1) is 23.9. The molecule has 0 spiro atoms. The minimum Gasteiger partial charge on any atom is -0.340 e. The van der Waals surface area contributed by atoms with Crippen molar-refractivity contribution in [3.05, 3.63) is 88.6 Å². The standard InChI is InChI=1S/C28H31FN6O/c1-6-13-34-26(36)21-17-31-25(33-19-7-8-22-18(14-19)9-12-32-28(22,4)5)16-23(21)35(34)20-10-11-30-24(15-20)27(2,3)29/h6-8,10-11,14-17,32H,1,9,12-13H2,2-5H3,(H,31,33). The highest BCUT2D eigenvalue weighted by atomic mass is 19.1. The Balaban J connectivity index is 1.60. The highest BCUT2D eigenvalue weighted by molar-refractivity contribution is 5.83. The number of anilines is 2. The molecule has 36 heavy (non-hydrogen) atoms. The second-order valence-electron chi connectivity index (χ2n) is 10.2. The molecule has 3 aromatic heterocycles. The van der Waals surface area contributed by atoms with Crippen molar-refractivity contribution in [2.24, 2.45) is 0 Å². The lowest BCUT2D eigenvalue weighted by atomic mass is 9.85. The molecular formula is C28H31FN6O. The van der Waals surface area contributed by atoms with E-state index in [0.717, 1.165) is 18.7 Å². The Bertz CT molecular complexity index is 1530. The summed E-state index contributed by atoms with van der Waals surface area (Å²) in [5, 5.41) is 7.43. The van der Waals surface area contributed by atoms with Crippen LogP contribution >= 0.6 is 0 Å². The van der Waals surface area contributed by atoms with Crippen LogP contribution in [0.25, 0.3) is 16.6 Å². The molecule has 0 radical (unpaired) electrons. The van der Waals surface area contributed by atoms with Crippen LogP contribution in [0.5, 0.6) is 0 Å². The molecule has 0 amide bonds. The van der Waals surface area contributed by atoms with Gasteiger partial charge in [0.05, 0.1) is 28.8 Å². The van der Waals surface area contributed by atoms with Crippen molar-refractivity contribution >= 4 is 22.4 Å². The van der Waals surface area contributed by atoms with Crippen molar-refractivity contribution < 1.29 is 4.39 Å². The van der Waals surface area contributed by atoms with Gasteiger partial charge in [0.15, 0.2) is 0 Å². The zero-order valence-electron chi connectivity index (χ0n) is 21.1. The van der Waals surface area contributed by atoms with Crippen LogP contribution in [0.15, 0.2) is 66.2 Å². The largest absolute Gasteiger partial charge is 0.340 e. The van der Waals surface area contributed by atoms with E-state index in [4.69, 9.17) is 0 Å². The van der Waals surface area contributed by atoms with Gasteiger partial charge in [-0.25, -0.2) is 18.7 Å². The fourth-order valence-electron chi connectivity index (χ4n) is 4.90. The van der Waals surface area contributed by atoms with Crippen LogP contribution in [0.4, 0.5) is 15.9 Å². The number of hydrogen-bond acceptors (Lipinski definition) is 5. The van der Waals surface area contributed by atoms with Crippen molar-refractivity contribution in [3.63, 3.8) is 0 Å². The number of aromatic nitrogens is 4. The number of pyridine rings is 2. The van der Waals surface area contributed by atoms with Gasteiger partial charge < -0.3 is 10.6 Å². The Morgan fingerprint density at radius 1 is 1.22 bits per heavy atom. The third kappa shape index (κ3) is 4.22. The van der Waals surface area contributed by atoms with Gasteiger partial charge in [0.25, 0.3) is 5.56 Å². The Morgan fingerprint density at radius 3 is 2.78 bits per heavy atom. The van der Waals surface area contributed by atoms with E-state index in [1.54, 1.807) is 40.0 Å². The van der Waals surface area contributed by atoms with E-state index < -0.39 is 5.67 Å². The van der Waals surface area contributed by atoms with Crippen molar-refractivity contribution in [1.29, 1.82) is 0 Å². The zero-order valence-corrected chi connectivity index (χ0v) is 21.1. The smallest absolute Gasteiger partial charge is 0.276 e. The molecule has 1 aliphatic rings. The molecule has 0 unspecified atom stereocenters. The molecule has 186 valence electrons. The lowest BCUT2D eigenvalue weighted by Crippen LogP contribution is -2.42. The first-order chi connectivity index (χ1) is 17.1. The van der Waals surface area contributed by atoms with Crippen LogP contribution in [0, 0.1) is 0 Å². The number of nitrogens with one attached hydrogen (secondary N) is 2. The molecule has 8 heteroatoms. The van der Waals surface area contributed by atoms with Crippen molar-refractivity contribution in [3.8, 4) is 5.69 Å². The second-order valence-corrected chi connectivity index (χ2v) is 10.2. The summed E-state index contributed by atoms with van der Waals surface area (Å²) in [5.74, 6) is 0.611. The maximum Gasteiger partial charge on any atom is 0.276 e. The maximum absolute atomic E-state index is 14.7. The fourth-order valence-corrected chi connectivity index (χ4v) is 4.90. The average molecular weight is 487 g/mol. The lowest BCUT2D eigenvalue weighted by Gasteiger charge is -2.34. The minimum atomic E-state index is -1.62. The van der Waals surface area contributed by atoms with Gasteiger partial charge in [-0.05, 0) is 76.1 Å². The van der Waals surface area contributed by atoms with Crippen LogP contribution in [0.1, 0.15) is 44.5 Å². The molecule has 4 heterocycles. The first-order valence-electron chi connectivity index (χ1n) is 12.1. The van der Waals surface area contributed by atoms with Crippen LogP contribution in [0.3, 0.4) is 0 Å². The Hall–Kier alpha value is -3.78. The van der Waals surface area contributed by atoms with Crippen LogP contribution in [-0.2, 0) is 24.2 Å². The molecule has 2 N–H and O–H groups in total. The van der Waals surface area contributed by atoms with Gasteiger partial charge in [-0.3, -0.25) is 9.78 Å². The SMILES string of the molecule is C=CCn1c(=O)c2cnc(Nc3ccc4c(c3)CCNC4(C)C)cc2n1-c1ccnc(C(C)(C)F)c1. The number of alkyl halides is 1. The topological polar surface area (TPSA) is 76.8 Å². The normalized spacial score (nSPS) is 15.0. The molecule has 0 saturated heterocycles. The highest BCUT2D eigenvalue weighted by Crippen LogP contribution is 2.31. The minimum absolute atomic E-state index is 0.0645. The Labute approximate surface area is 209 Å². The second kappa shape index (κ2) is 8.71. The van der Waals surface area contributed by atoms with Crippen LogP contribution < -0.4 is 16.2 Å². The average Bonchev–Trinajstić information content (AvgIpc) is 3.09. The predicted molar refractivity (Wildman–Crippen MR) is 142 cm³/mol. The van der Waals surface area contributed by atoms with E-state index in [0.29, 0.717) is 34.6 Å². The quantitative estimate of drug-likeness (QED) is 0.371. The Morgan fingerprint density at radius 2 is 2.03 bits per heavy atom. The molecule has 7 nitrogen and oxygen atoms in total. The van der Waals surface area contributed by atoms with Crippen molar-refractivity contribution in [1.82, 2.24) is 24.6 Å². The number of nitrogens with zero attached hydrogens (tertiary/aromatic N) is 4. The van der Waals surface area contributed by atoms with Crippen LogP contribution in [0.2, 0.25) is 0 Å². The third-order valence-corrected chi connectivity index (χ3v) is 6.73. The molecule has 0 saturated carbocycles. The molecule has 0 aliphatic carbocycles. The molecule has 0 atom stereocenters. The number of fused-ring (bicyclic) bond motifs is 2. The van der Waals surface area contributed by atoms with E-state index in [2.05, 4.69) is 53.2 Å². The summed E-state index contributed by atoms with van der Waals surface area (Å²) in [6.45, 7) is 12.3. The van der Waals surface area contributed by atoms with Gasteiger partial charge in [-0.15, -0.1) is 6.58 Å². The number of rotatable bonds is 6. The first-order valence-corrected chi connectivity index (χ1v) is 12.1. The van der Waals surface area contributed by atoms with E-state index in [1.807, 2.05) is 12.1 Å². The van der Waals surface area contributed by atoms with E-state index >= 15 is 0 Å². The fraction of sp³-hybridized carbons (Fsp3) is 0.321.